The number of rotatable bonds is 6. The van der Waals surface area contributed by atoms with Gasteiger partial charge in [-0.05, 0) is 31.4 Å². The van der Waals surface area contributed by atoms with Crippen LogP contribution < -0.4 is 5.73 Å². The smallest absolute Gasteiger partial charge is 0.307 e. The Hall–Kier alpha value is -1.81. The zero-order valence-corrected chi connectivity index (χ0v) is 11.2. The summed E-state index contributed by atoms with van der Waals surface area (Å²) < 4.78 is 4.89. The number of benzene rings is 1. The molecule has 0 bridgehead atoms. The summed E-state index contributed by atoms with van der Waals surface area (Å²) >= 11 is 0. The molecule has 4 nitrogen and oxygen atoms in total. The molecule has 19 heavy (non-hydrogen) atoms. The first-order valence-corrected chi connectivity index (χ1v) is 6.67. The zero-order valence-electron chi connectivity index (χ0n) is 11.2. The number of carbonyl (C=O) groups is 1. The lowest BCUT2D eigenvalue weighted by atomic mass is 10.0. The van der Waals surface area contributed by atoms with Crippen molar-refractivity contribution in [1.29, 1.82) is 0 Å². The molecule has 4 heteroatoms. The number of para-hydroxylation sites is 1. The first-order valence-electron chi connectivity index (χ1n) is 6.67. The molecular formula is C15H20N2O2. The average molecular weight is 260 g/mol. The number of fused-ring (bicyclic) bond motifs is 1. The van der Waals surface area contributed by atoms with Crippen LogP contribution >= 0.6 is 0 Å². The quantitative estimate of drug-likeness (QED) is 0.783. The number of esters is 1. The second-order valence-electron chi connectivity index (χ2n) is 4.67. The van der Waals surface area contributed by atoms with E-state index in [4.69, 9.17) is 10.5 Å². The van der Waals surface area contributed by atoms with Crippen molar-refractivity contribution in [2.75, 3.05) is 6.61 Å². The summed E-state index contributed by atoms with van der Waals surface area (Å²) in [6.45, 7) is 2.21. The Labute approximate surface area is 112 Å². The van der Waals surface area contributed by atoms with Crippen molar-refractivity contribution in [3.05, 3.63) is 36.0 Å². The Morgan fingerprint density at radius 3 is 3.00 bits per heavy atom. The number of hydrogen-bond donors (Lipinski definition) is 2. The number of nitrogens with one attached hydrogen (secondary N) is 1. The maximum atomic E-state index is 11.3. The molecule has 102 valence electrons. The average Bonchev–Trinajstić information content (AvgIpc) is 2.80. The molecule has 0 radical (unpaired) electrons. The van der Waals surface area contributed by atoms with Gasteiger partial charge >= 0.3 is 5.97 Å². The second kappa shape index (κ2) is 6.38. The van der Waals surface area contributed by atoms with Gasteiger partial charge in [0.25, 0.3) is 0 Å². The number of carbonyl (C=O) groups excluding carboxylic acids is 1. The third-order valence-electron chi connectivity index (χ3n) is 3.19. The lowest BCUT2D eigenvalue weighted by Gasteiger charge is -2.10. The van der Waals surface area contributed by atoms with Gasteiger partial charge in [-0.2, -0.15) is 0 Å². The SMILES string of the molecule is CCOC(=O)CC(N)CCc1c[nH]c2ccccc12. The highest BCUT2D eigenvalue weighted by Gasteiger charge is 2.11. The minimum Gasteiger partial charge on any atom is -0.466 e. The van der Waals surface area contributed by atoms with E-state index in [1.807, 2.05) is 18.3 Å². The van der Waals surface area contributed by atoms with Crippen LogP contribution in [0, 0.1) is 0 Å². The minimum absolute atomic E-state index is 0.146. The van der Waals surface area contributed by atoms with E-state index in [-0.39, 0.29) is 18.4 Å². The number of ether oxygens (including phenoxy) is 1. The first-order chi connectivity index (χ1) is 9.20. The van der Waals surface area contributed by atoms with Gasteiger partial charge in [0.1, 0.15) is 0 Å². The molecule has 1 aromatic heterocycles. The zero-order chi connectivity index (χ0) is 13.7. The first kappa shape index (κ1) is 13.6. The number of aromatic amines is 1. The molecule has 3 N–H and O–H groups in total. The molecular weight excluding hydrogens is 240 g/mol. The largest absolute Gasteiger partial charge is 0.466 e. The highest BCUT2D eigenvalue weighted by atomic mass is 16.5. The highest BCUT2D eigenvalue weighted by molar-refractivity contribution is 5.83. The molecule has 0 amide bonds. The summed E-state index contributed by atoms with van der Waals surface area (Å²) in [5.74, 6) is -0.214. The van der Waals surface area contributed by atoms with E-state index < -0.39 is 0 Å². The van der Waals surface area contributed by atoms with Gasteiger partial charge in [0.15, 0.2) is 0 Å². The molecule has 0 aliphatic rings. The predicted octanol–water partition coefficient (Wildman–Crippen LogP) is 2.38. The van der Waals surface area contributed by atoms with Crippen LogP contribution in [0.15, 0.2) is 30.5 Å². The topological polar surface area (TPSA) is 68.1 Å². The minimum atomic E-state index is -0.214. The summed E-state index contributed by atoms with van der Waals surface area (Å²) in [6, 6.07) is 8.04. The van der Waals surface area contributed by atoms with Crippen molar-refractivity contribution in [1.82, 2.24) is 4.98 Å². The number of aromatic nitrogens is 1. The van der Waals surface area contributed by atoms with Gasteiger partial charge in [0, 0.05) is 23.1 Å². The molecule has 2 aromatic rings. The van der Waals surface area contributed by atoms with Gasteiger partial charge < -0.3 is 15.5 Å². The molecule has 1 unspecified atom stereocenters. The van der Waals surface area contributed by atoms with E-state index in [2.05, 4.69) is 17.1 Å². The number of aryl methyl sites for hydroxylation is 1. The van der Waals surface area contributed by atoms with Crippen LogP contribution in [-0.4, -0.2) is 23.6 Å². The Morgan fingerprint density at radius 1 is 1.42 bits per heavy atom. The molecule has 2 rings (SSSR count). The van der Waals surface area contributed by atoms with Crippen molar-refractivity contribution in [2.45, 2.75) is 32.2 Å². The van der Waals surface area contributed by atoms with Crippen LogP contribution in [0.5, 0.6) is 0 Å². The number of H-pyrrole nitrogens is 1. The molecule has 1 atom stereocenters. The fourth-order valence-corrected chi connectivity index (χ4v) is 2.22. The summed E-state index contributed by atoms with van der Waals surface area (Å²) in [6.07, 6.45) is 3.95. The van der Waals surface area contributed by atoms with Crippen LogP contribution in [0.3, 0.4) is 0 Å². The van der Waals surface area contributed by atoms with Crippen LogP contribution in [-0.2, 0) is 16.0 Å². The molecule has 0 aliphatic heterocycles. The monoisotopic (exact) mass is 260 g/mol. The molecule has 0 aliphatic carbocycles. The van der Waals surface area contributed by atoms with Crippen LogP contribution in [0.4, 0.5) is 0 Å². The molecule has 0 fully saturated rings. The van der Waals surface area contributed by atoms with Crippen molar-refractivity contribution >= 4 is 16.9 Å². The molecule has 0 saturated carbocycles. The van der Waals surface area contributed by atoms with Crippen molar-refractivity contribution in [3.8, 4) is 0 Å². The maximum Gasteiger partial charge on any atom is 0.307 e. The lowest BCUT2D eigenvalue weighted by Crippen LogP contribution is -2.25. The third-order valence-corrected chi connectivity index (χ3v) is 3.19. The Morgan fingerprint density at radius 2 is 2.21 bits per heavy atom. The summed E-state index contributed by atoms with van der Waals surface area (Å²) in [5.41, 5.74) is 8.34. The van der Waals surface area contributed by atoms with Crippen LogP contribution in [0.1, 0.15) is 25.3 Å². The van der Waals surface area contributed by atoms with E-state index in [1.165, 1.54) is 10.9 Å². The predicted molar refractivity (Wildman–Crippen MR) is 75.8 cm³/mol. The summed E-state index contributed by atoms with van der Waals surface area (Å²) in [5, 5.41) is 1.23. The Balaban J connectivity index is 1.90. The summed E-state index contributed by atoms with van der Waals surface area (Å²) in [4.78, 5) is 14.6. The second-order valence-corrected chi connectivity index (χ2v) is 4.67. The van der Waals surface area contributed by atoms with E-state index in [9.17, 15) is 4.79 Å². The summed E-state index contributed by atoms with van der Waals surface area (Å²) in [7, 11) is 0. The van der Waals surface area contributed by atoms with Crippen molar-refractivity contribution in [2.24, 2.45) is 5.73 Å². The van der Waals surface area contributed by atoms with Gasteiger partial charge in [-0.15, -0.1) is 0 Å². The fourth-order valence-electron chi connectivity index (χ4n) is 2.22. The normalized spacial score (nSPS) is 12.5. The van der Waals surface area contributed by atoms with Gasteiger partial charge in [-0.3, -0.25) is 4.79 Å². The van der Waals surface area contributed by atoms with Crippen molar-refractivity contribution < 1.29 is 9.53 Å². The van der Waals surface area contributed by atoms with E-state index in [0.29, 0.717) is 6.61 Å². The van der Waals surface area contributed by atoms with E-state index in [1.54, 1.807) is 6.92 Å². The molecule has 1 heterocycles. The van der Waals surface area contributed by atoms with Gasteiger partial charge in [0.05, 0.1) is 13.0 Å². The third kappa shape index (κ3) is 3.58. The maximum absolute atomic E-state index is 11.3. The number of nitrogens with two attached hydrogens (primary N) is 1. The molecule has 0 spiro atoms. The molecule has 0 saturated heterocycles. The number of hydrogen-bond acceptors (Lipinski definition) is 3. The van der Waals surface area contributed by atoms with Gasteiger partial charge in [-0.1, -0.05) is 18.2 Å². The van der Waals surface area contributed by atoms with E-state index in [0.717, 1.165) is 18.4 Å². The van der Waals surface area contributed by atoms with Gasteiger partial charge in [0.2, 0.25) is 0 Å². The van der Waals surface area contributed by atoms with Crippen molar-refractivity contribution in [3.63, 3.8) is 0 Å². The molecule has 1 aromatic carbocycles. The Kier molecular flexibility index (Phi) is 4.58. The van der Waals surface area contributed by atoms with Crippen LogP contribution in [0.25, 0.3) is 10.9 Å². The highest BCUT2D eigenvalue weighted by Crippen LogP contribution is 2.19. The fraction of sp³-hybridized carbons (Fsp3) is 0.400. The van der Waals surface area contributed by atoms with Crippen LogP contribution in [0.2, 0.25) is 0 Å². The van der Waals surface area contributed by atoms with Gasteiger partial charge in [-0.25, -0.2) is 0 Å². The van der Waals surface area contributed by atoms with E-state index >= 15 is 0 Å². The lowest BCUT2D eigenvalue weighted by molar-refractivity contribution is -0.143. The standard InChI is InChI=1S/C15H20N2O2/c1-2-19-15(18)9-12(16)8-7-11-10-17-14-6-4-3-5-13(11)14/h3-6,10,12,17H,2,7-9,16H2,1H3. The Bertz CT molecular complexity index is 548.